The van der Waals surface area contributed by atoms with Crippen LogP contribution in [0.15, 0.2) is 39.2 Å². The second kappa shape index (κ2) is 5.85. The van der Waals surface area contributed by atoms with Crippen molar-refractivity contribution in [3.63, 3.8) is 0 Å². The number of carbonyl (C=O) groups excluding carboxylic acids is 1. The molecule has 0 aliphatic rings. The minimum atomic E-state index is -3.46. The van der Waals surface area contributed by atoms with Gasteiger partial charge in [-0.15, -0.1) is 22.7 Å². The first-order chi connectivity index (χ1) is 9.01. The van der Waals surface area contributed by atoms with Crippen molar-refractivity contribution in [2.45, 2.75) is 16.4 Å². The molecule has 1 amide bonds. The smallest absolute Gasteiger partial charge is 0.216 e. The Hall–Kier alpha value is -1.18. The molecule has 4 nitrogen and oxygen atoms in total. The second-order valence-electron chi connectivity index (χ2n) is 3.92. The van der Waals surface area contributed by atoms with Crippen LogP contribution in [0.4, 0.5) is 0 Å². The van der Waals surface area contributed by atoms with Gasteiger partial charge in [-0.2, -0.15) is 0 Å². The molecule has 0 bridgehead atoms. The van der Waals surface area contributed by atoms with Crippen LogP contribution in [0.5, 0.6) is 0 Å². The molecule has 1 atom stereocenters. The molecule has 2 aromatic rings. The van der Waals surface area contributed by atoms with Gasteiger partial charge in [0.1, 0.15) is 9.46 Å². The van der Waals surface area contributed by atoms with E-state index in [0.29, 0.717) is 4.21 Å². The molecule has 2 aromatic heterocycles. The molecule has 0 saturated heterocycles. The van der Waals surface area contributed by atoms with Gasteiger partial charge >= 0.3 is 0 Å². The Morgan fingerprint density at radius 1 is 1.26 bits per heavy atom. The van der Waals surface area contributed by atoms with Crippen LogP contribution in [0, 0.1) is 0 Å². The molecule has 0 spiro atoms. The Kier molecular flexibility index (Phi) is 4.38. The van der Waals surface area contributed by atoms with Crippen molar-refractivity contribution >= 4 is 38.4 Å². The van der Waals surface area contributed by atoms with E-state index < -0.39 is 15.1 Å². The third-order valence-corrected chi connectivity index (χ3v) is 7.20. The van der Waals surface area contributed by atoms with Crippen LogP contribution in [-0.2, 0) is 14.6 Å². The van der Waals surface area contributed by atoms with E-state index in [9.17, 15) is 13.2 Å². The number of thiophene rings is 2. The summed E-state index contributed by atoms with van der Waals surface area (Å²) >= 11 is 2.57. The molecule has 2 heterocycles. The first-order valence-corrected chi connectivity index (χ1v) is 8.87. The molecule has 102 valence electrons. The van der Waals surface area contributed by atoms with Gasteiger partial charge in [-0.1, -0.05) is 12.1 Å². The Bertz CT molecular complexity index is 630. The van der Waals surface area contributed by atoms with Crippen molar-refractivity contribution in [1.29, 1.82) is 0 Å². The summed E-state index contributed by atoms with van der Waals surface area (Å²) in [7, 11) is -3.46. The van der Waals surface area contributed by atoms with E-state index in [1.165, 1.54) is 29.6 Å². The highest BCUT2D eigenvalue weighted by molar-refractivity contribution is 7.93. The molecule has 1 N–H and O–H groups in total. The van der Waals surface area contributed by atoms with E-state index in [4.69, 9.17) is 0 Å². The summed E-state index contributed by atoms with van der Waals surface area (Å²) in [6.45, 7) is 1.47. The summed E-state index contributed by atoms with van der Waals surface area (Å²) in [6, 6.07) is 6.89. The SMILES string of the molecule is CC(=O)NC[C@@H](c1cccs1)S(=O)(=O)c1cccs1. The van der Waals surface area contributed by atoms with Gasteiger partial charge in [0, 0.05) is 18.3 Å². The summed E-state index contributed by atoms with van der Waals surface area (Å²) in [6.07, 6.45) is 0. The Morgan fingerprint density at radius 3 is 2.47 bits per heavy atom. The lowest BCUT2D eigenvalue weighted by atomic mass is 10.3. The van der Waals surface area contributed by atoms with Gasteiger partial charge in [-0.3, -0.25) is 4.79 Å². The maximum Gasteiger partial charge on any atom is 0.216 e. The zero-order valence-corrected chi connectivity index (χ0v) is 12.6. The number of amides is 1. The minimum Gasteiger partial charge on any atom is -0.355 e. The van der Waals surface area contributed by atoms with Crippen LogP contribution in [0.25, 0.3) is 0 Å². The fourth-order valence-corrected chi connectivity index (χ4v) is 5.63. The lowest BCUT2D eigenvalue weighted by Crippen LogP contribution is -2.29. The van der Waals surface area contributed by atoms with Crippen LogP contribution in [0.1, 0.15) is 17.1 Å². The molecule has 0 fully saturated rings. The number of carbonyl (C=O) groups is 1. The lowest BCUT2D eigenvalue weighted by molar-refractivity contribution is -0.118. The molecule has 0 unspecified atom stereocenters. The minimum absolute atomic E-state index is 0.0933. The first-order valence-electron chi connectivity index (χ1n) is 5.57. The molecular weight excluding hydrogens is 302 g/mol. The van der Waals surface area contributed by atoms with E-state index in [1.54, 1.807) is 23.6 Å². The van der Waals surface area contributed by atoms with E-state index >= 15 is 0 Å². The number of hydrogen-bond donors (Lipinski definition) is 1. The van der Waals surface area contributed by atoms with Crippen LogP contribution in [0.3, 0.4) is 0 Å². The van der Waals surface area contributed by atoms with Crippen LogP contribution >= 0.6 is 22.7 Å². The van der Waals surface area contributed by atoms with E-state index in [-0.39, 0.29) is 12.5 Å². The molecule has 0 saturated carbocycles. The van der Waals surface area contributed by atoms with Crippen molar-refractivity contribution in [1.82, 2.24) is 5.32 Å². The maximum absolute atomic E-state index is 12.6. The second-order valence-corrected chi connectivity index (χ2v) is 8.20. The lowest BCUT2D eigenvalue weighted by Gasteiger charge is -2.15. The van der Waals surface area contributed by atoms with Crippen LogP contribution in [-0.4, -0.2) is 20.9 Å². The largest absolute Gasteiger partial charge is 0.355 e. The van der Waals surface area contributed by atoms with Gasteiger partial charge in [0.15, 0.2) is 9.84 Å². The number of rotatable bonds is 5. The topological polar surface area (TPSA) is 63.2 Å². The first kappa shape index (κ1) is 14.2. The van der Waals surface area contributed by atoms with Gasteiger partial charge in [0.2, 0.25) is 5.91 Å². The summed E-state index contributed by atoms with van der Waals surface area (Å²) in [5.74, 6) is -0.233. The highest BCUT2D eigenvalue weighted by Crippen LogP contribution is 2.33. The normalized spacial score (nSPS) is 13.1. The van der Waals surface area contributed by atoms with E-state index in [2.05, 4.69) is 5.32 Å². The molecule has 0 aliphatic carbocycles. The summed E-state index contributed by atoms with van der Waals surface area (Å²) in [4.78, 5) is 11.8. The Morgan fingerprint density at radius 2 is 1.95 bits per heavy atom. The quantitative estimate of drug-likeness (QED) is 0.922. The summed E-state index contributed by atoms with van der Waals surface area (Å²) in [5.41, 5.74) is 0. The van der Waals surface area contributed by atoms with Gasteiger partial charge < -0.3 is 5.32 Å². The highest BCUT2D eigenvalue weighted by atomic mass is 32.2. The van der Waals surface area contributed by atoms with Crippen molar-refractivity contribution in [3.05, 3.63) is 39.9 Å². The third-order valence-electron chi connectivity index (χ3n) is 2.55. The molecule has 2 rings (SSSR count). The molecule has 0 radical (unpaired) electrons. The standard InChI is InChI=1S/C12H13NO3S3/c1-9(14)13-8-11(10-4-2-6-17-10)19(15,16)12-5-3-7-18-12/h2-7,11H,8H2,1H3,(H,13,14)/t11-/m0/s1. The highest BCUT2D eigenvalue weighted by Gasteiger charge is 2.30. The van der Waals surface area contributed by atoms with Crippen molar-refractivity contribution in [2.24, 2.45) is 0 Å². The fraction of sp³-hybridized carbons (Fsp3) is 0.250. The van der Waals surface area contributed by atoms with Crippen LogP contribution < -0.4 is 5.32 Å². The molecular formula is C12H13NO3S3. The summed E-state index contributed by atoms with van der Waals surface area (Å²) < 4.78 is 25.5. The fourth-order valence-electron chi connectivity index (χ4n) is 1.64. The van der Waals surface area contributed by atoms with Gasteiger partial charge in [-0.25, -0.2) is 8.42 Å². The Labute approximate surface area is 120 Å². The van der Waals surface area contributed by atoms with Crippen molar-refractivity contribution in [2.75, 3.05) is 6.54 Å². The average Bonchev–Trinajstić information content (AvgIpc) is 3.02. The number of sulfone groups is 1. The van der Waals surface area contributed by atoms with E-state index in [1.807, 2.05) is 11.4 Å². The van der Waals surface area contributed by atoms with Gasteiger partial charge in [-0.05, 0) is 22.9 Å². The zero-order chi connectivity index (χ0) is 13.9. The number of hydrogen-bond acceptors (Lipinski definition) is 5. The third kappa shape index (κ3) is 3.23. The number of nitrogens with one attached hydrogen (secondary N) is 1. The van der Waals surface area contributed by atoms with E-state index in [0.717, 1.165) is 4.88 Å². The van der Waals surface area contributed by atoms with Crippen LogP contribution in [0.2, 0.25) is 0 Å². The average molecular weight is 315 g/mol. The van der Waals surface area contributed by atoms with Gasteiger partial charge in [0.05, 0.1) is 0 Å². The van der Waals surface area contributed by atoms with Crippen molar-refractivity contribution in [3.8, 4) is 0 Å². The summed E-state index contributed by atoms with van der Waals surface area (Å²) in [5, 5.41) is 5.43. The predicted molar refractivity (Wildman–Crippen MR) is 77.2 cm³/mol. The monoisotopic (exact) mass is 315 g/mol. The predicted octanol–water partition coefficient (Wildman–Crippen LogP) is 2.46. The molecule has 7 heteroatoms. The molecule has 19 heavy (non-hydrogen) atoms. The molecule has 0 aromatic carbocycles. The maximum atomic E-state index is 12.6. The molecule has 0 aliphatic heterocycles. The van der Waals surface area contributed by atoms with Crippen molar-refractivity contribution < 1.29 is 13.2 Å². The zero-order valence-electron chi connectivity index (χ0n) is 10.2. The Balaban J connectivity index is 2.35. The van der Waals surface area contributed by atoms with Gasteiger partial charge in [0.25, 0.3) is 0 Å².